The third-order valence-corrected chi connectivity index (χ3v) is 5.80. The van der Waals surface area contributed by atoms with Crippen molar-refractivity contribution in [1.82, 2.24) is 20.1 Å². The van der Waals surface area contributed by atoms with E-state index in [-0.39, 0.29) is 11.2 Å². The molecule has 1 aliphatic carbocycles. The Morgan fingerprint density at radius 1 is 1.42 bits per heavy atom. The third-order valence-electron chi connectivity index (χ3n) is 4.67. The molecule has 6 nitrogen and oxygen atoms in total. The molecule has 3 atom stereocenters. The minimum absolute atomic E-state index is 0.0706. The maximum atomic E-state index is 12.5. The quantitative estimate of drug-likeness (QED) is 0.840. The van der Waals surface area contributed by atoms with Crippen molar-refractivity contribution in [2.45, 2.75) is 56.0 Å². The zero-order valence-electron chi connectivity index (χ0n) is 14.4. The number of rotatable bonds is 5. The number of carbonyl (C=O) groups excluding carboxylic acids is 1. The molecule has 7 heteroatoms. The summed E-state index contributed by atoms with van der Waals surface area (Å²) in [6.45, 7) is 4.13. The molecule has 2 heterocycles. The normalized spacial score (nSPS) is 22.3. The highest BCUT2D eigenvalue weighted by atomic mass is 32.2. The van der Waals surface area contributed by atoms with Crippen LogP contribution in [0.5, 0.6) is 0 Å². The van der Waals surface area contributed by atoms with Gasteiger partial charge in [0, 0.05) is 13.1 Å². The van der Waals surface area contributed by atoms with Gasteiger partial charge in [0.15, 0.2) is 16.7 Å². The van der Waals surface area contributed by atoms with E-state index >= 15 is 0 Å². The summed E-state index contributed by atoms with van der Waals surface area (Å²) in [5, 5.41) is 12.1. The smallest absolute Gasteiger partial charge is 0.233 e. The Balaban J connectivity index is 1.62. The van der Waals surface area contributed by atoms with E-state index in [9.17, 15) is 4.79 Å². The van der Waals surface area contributed by atoms with Crippen LogP contribution in [-0.4, -0.2) is 32.0 Å². The number of carbonyl (C=O) groups is 1. The van der Waals surface area contributed by atoms with Gasteiger partial charge in [0.2, 0.25) is 5.91 Å². The summed E-state index contributed by atoms with van der Waals surface area (Å²) >= 11 is 1.42. The fourth-order valence-corrected chi connectivity index (χ4v) is 3.90. The Morgan fingerprint density at radius 3 is 2.92 bits per heavy atom. The van der Waals surface area contributed by atoms with Crippen LogP contribution in [-0.2, 0) is 11.8 Å². The Hall–Kier alpha value is -1.76. The van der Waals surface area contributed by atoms with Crippen molar-refractivity contribution >= 4 is 17.7 Å². The lowest BCUT2D eigenvalue weighted by Gasteiger charge is -2.30. The van der Waals surface area contributed by atoms with Crippen molar-refractivity contribution in [3.63, 3.8) is 0 Å². The molecule has 0 radical (unpaired) electrons. The van der Waals surface area contributed by atoms with Gasteiger partial charge in [-0.3, -0.25) is 4.79 Å². The van der Waals surface area contributed by atoms with Gasteiger partial charge in [-0.05, 0) is 37.8 Å². The number of thioether (sulfide) groups is 1. The van der Waals surface area contributed by atoms with Crippen molar-refractivity contribution in [2.75, 3.05) is 0 Å². The average Bonchev–Trinajstić information content (AvgIpc) is 3.20. The van der Waals surface area contributed by atoms with Gasteiger partial charge in [-0.2, -0.15) is 0 Å². The van der Waals surface area contributed by atoms with E-state index in [0.29, 0.717) is 28.7 Å². The van der Waals surface area contributed by atoms with Crippen LogP contribution in [0.25, 0.3) is 11.6 Å². The van der Waals surface area contributed by atoms with Crippen LogP contribution in [0.4, 0.5) is 0 Å². The van der Waals surface area contributed by atoms with Crippen molar-refractivity contribution < 1.29 is 9.21 Å². The molecule has 1 aliphatic rings. The molecular formula is C17H24N4O2S. The average molecular weight is 348 g/mol. The Kier molecular flexibility index (Phi) is 5.28. The van der Waals surface area contributed by atoms with Gasteiger partial charge < -0.3 is 14.3 Å². The number of amides is 1. The Labute approximate surface area is 146 Å². The van der Waals surface area contributed by atoms with Crippen LogP contribution in [0.3, 0.4) is 0 Å². The molecule has 0 spiro atoms. The van der Waals surface area contributed by atoms with Gasteiger partial charge in [0.05, 0.1) is 11.5 Å². The fourth-order valence-electron chi connectivity index (χ4n) is 3.08. The summed E-state index contributed by atoms with van der Waals surface area (Å²) in [5.41, 5.74) is 0. The molecular weight excluding hydrogens is 324 g/mol. The van der Waals surface area contributed by atoms with E-state index in [1.807, 2.05) is 30.7 Å². The topological polar surface area (TPSA) is 73.0 Å². The lowest BCUT2D eigenvalue weighted by atomic mass is 9.86. The molecule has 2 aromatic rings. The zero-order valence-corrected chi connectivity index (χ0v) is 15.2. The highest BCUT2D eigenvalue weighted by Crippen LogP contribution is 2.27. The van der Waals surface area contributed by atoms with Crippen molar-refractivity contribution in [3.8, 4) is 11.6 Å². The first kappa shape index (κ1) is 17.1. The van der Waals surface area contributed by atoms with Crippen LogP contribution < -0.4 is 5.32 Å². The van der Waals surface area contributed by atoms with Crippen LogP contribution in [0.1, 0.15) is 39.5 Å². The molecule has 24 heavy (non-hydrogen) atoms. The Morgan fingerprint density at radius 2 is 2.21 bits per heavy atom. The summed E-state index contributed by atoms with van der Waals surface area (Å²) < 4.78 is 7.22. The molecule has 0 aromatic carbocycles. The molecule has 3 rings (SSSR count). The van der Waals surface area contributed by atoms with E-state index in [1.54, 1.807) is 6.26 Å². The summed E-state index contributed by atoms with van der Waals surface area (Å²) in [4.78, 5) is 12.5. The SMILES string of the molecule is C[C@@H](Sc1nnc(-c2ccco2)n1C)C(=O)N[C@@H]1CCCC[C@@H]1C. The number of hydrogen-bond acceptors (Lipinski definition) is 5. The van der Waals surface area contributed by atoms with Crippen molar-refractivity contribution in [3.05, 3.63) is 18.4 Å². The van der Waals surface area contributed by atoms with Gasteiger partial charge in [0.25, 0.3) is 0 Å². The lowest BCUT2D eigenvalue weighted by molar-refractivity contribution is -0.121. The van der Waals surface area contributed by atoms with Gasteiger partial charge in [-0.1, -0.05) is 31.5 Å². The lowest BCUT2D eigenvalue weighted by Crippen LogP contribution is -2.44. The largest absolute Gasteiger partial charge is 0.461 e. The monoisotopic (exact) mass is 348 g/mol. The molecule has 0 unspecified atom stereocenters. The predicted octanol–water partition coefficient (Wildman–Crippen LogP) is 3.25. The molecule has 1 fully saturated rings. The Bertz CT molecular complexity index is 683. The predicted molar refractivity (Wildman–Crippen MR) is 93.6 cm³/mol. The summed E-state index contributed by atoms with van der Waals surface area (Å²) in [7, 11) is 1.88. The van der Waals surface area contributed by atoms with Gasteiger partial charge >= 0.3 is 0 Å². The van der Waals surface area contributed by atoms with Gasteiger partial charge in [0.1, 0.15) is 0 Å². The molecule has 1 saturated carbocycles. The van der Waals surface area contributed by atoms with Crippen molar-refractivity contribution in [2.24, 2.45) is 13.0 Å². The van der Waals surface area contributed by atoms with E-state index in [0.717, 1.165) is 6.42 Å². The second kappa shape index (κ2) is 7.42. The minimum Gasteiger partial charge on any atom is -0.461 e. The van der Waals surface area contributed by atoms with Crippen LogP contribution in [0, 0.1) is 5.92 Å². The standard InChI is InChI=1S/C17H24N4O2S/c1-11-7-4-5-8-13(11)18-16(22)12(2)24-17-20-19-15(21(17)3)14-9-6-10-23-14/h6,9-13H,4-5,7-8H2,1-3H3,(H,18,22)/t11-,12+,13+/m0/s1. The molecule has 0 aliphatic heterocycles. The molecule has 130 valence electrons. The molecule has 0 bridgehead atoms. The number of nitrogens with one attached hydrogen (secondary N) is 1. The van der Waals surface area contributed by atoms with E-state index in [4.69, 9.17) is 4.42 Å². The highest BCUT2D eigenvalue weighted by Gasteiger charge is 2.26. The first-order valence-corrected chi connectivity index (χ1v) is 9.34. The number of hydrogen-bond donors (Lipinski definition) is 1. The van der Waals surface area contributed by atoms with E-state index in [1.165, 1.54) is 31.0 Å². The maximum Gasteiger partial charge on any atom is 0.233 e. The molecule has 1 N–H and O–H groups in total. The number of aromatic nitrogens is 3. The highest BCUT2D eigenvalue weighted by molar-refractivity contribution is 8.00. The van der Waals surface area contributed by atoms with Crippen LogP contribution in [0.2, 0.25) is 0 Å². The molecule has 1 amide bonds. The van der Waals surface area contributed by atoms with E-state index in [2.05, 4.69) is 22.4 Å². The zero-order chi connectivity index (χ0) is 17.1. The molecule has 2 aromatic heterocycles. The first-order valence-electron chi connectivity index (χ1n) is 8.46. The van der Waals surface area contributed by atoms with Gasteiger partial charge in [-0.15, -0.1) is 10.2 Å². The number of nitrogens with zero attached hydrogens (tertiary/aromatic N) is 3. The second-order valence-electron chi connectivity index (χ2n) is 6.48. The van der Waals surface area contributed by atoms with Gasteiger partial charge in [-0.25, -0.2) is 0 Å². The molecule has 0 saturated heterocycles. The van der Waals surface area contributed by atoms with E-state index < -0.39 is 0 Å². The van der Waals surface area contributed by atoms with Crippen molar-refractivity contribution in [1.29, 1.82) is 0 Å². The second-order valence-corrected chi connectivity index (χ2v) is 7.79. The first-order chi connectivity index (χ1) is 11.6. The summed E-state index contributed by atoms with van der Waals surface area (Å²) in [5.74, 6) is 1.96. The minimum atomic E-state index is -0.216. The maximum absolute atomic E-state index is 12.5. The fraction of sp³-hybridized carbons (Fsp3) is 0.588. The summed E-state index contributed by atoms with van der Waals surface area (Å²) in [6.07, 6.45) is 6.36. The van der Waals surface area contributed by atoms with Crippen LogP contribution >= 0.6 is 11.8 Å². The number of furan rings is 1. The third kappa shape index (κ3) is 3.66. The summed E-state index contributed by atoms with van der Waals surface area (Å²) in [6, 6.07) is 3.96. The van der Waals surface area contributed by atoms with Crippen LogP contribution in [0.15, 0.2) is 28.0 Å².